The van der Waals surface area contributed by atoms with Crippen LogP contribution in [0.2, 0.25) is 0 Å². The van der Waals surface area contributed by atoms with E-state index >= 15 is 0 Å². The average molecular weight is 294 g/mol. The quantitative estimate of drug-likeness (QED) is 0.815. The van der Waals surface area contributed by atoms with Gasteiger partial charge in [0.15, 0.2) is 0 Å². The molecule has 1 heterocycles. The lowest BCUT2D eigenvalue weighted by Crippen LogP contribution is -2.42. The number of benzene rings is 1. The number of sulfonamides is 1. The standard InChI is InChI=1S/C13H14N2O4S/c1-10-12(7-8-19-10)13(16)14-15-20(17,18)9-11-5-3-2-4-6-11/h2-8,15H,9H2,1H3,(H,14,16). The largest absolute Gasteiger partial charge is 0.469 e. The van der Waals surface area contributed by atoms with Gasteiger partial charge in [-0.1, -0.05) is 30.3 Å². The minimum absolute atomic E-state index is 0.210. The van der Waals surface area contributed by atoms with Gasteiger partial charge in [0, 0.05) is 0 Å². The maximum Gasteiger partial charge on any atom is 0.269 e. The number of hydrogen-bond donors (Lipinski definition) is 2. The van der Waals surface area contributed by atoms with Gasteiger partial charge in [0.2, 0.25) is 10.0 Å². The predicted molar refractivity (Wildman–Crippen MR) is 73.1 cm³/mol. The van der Waals surface area contributed by atoms with Crippen LogP contribution >= 0.6 is 0 Å². The fourth-order valence-corrected chi connectivity index (χ4v) is 2.59. The highest BCUT2D eigenvalue weighted by atomic mass is 32.2. The molecule has 1 aromatic carbocycles. The van der Waals surface area contributed by atoms with E-state index in [4.69, 9.17) is 4.42 Å². The lowest BCUT2D eigenvalue weighted by molar-refractivity contribution is 0.0943. The molecule has 6 nitrogen and oxygen atoms in total. The summed E-state index contributed by atoms with van der Waals surface area (Å²) in [5.74, 6) is -0.351. The molecule has 0 aliphatic rings. The topological polar surface area (TPSA) is 88.4 Å². The molecule has 20 heavy (non-hydrogen) atoms. The lowest BCUT2D eigenvalue weighted by Gasteiger charge is -2.08. The Morgan fingerprint density at radius 1 is 1.20 bits per heavy atom. The molecule has 0 aliphatic carbocycles. The Labute approximate surface area is 116 Å². The van der Waals surface area contributed by atoms with Crippen molar-refractivity contribution in [3.05, 3.63) is 59.5 Å². The molecule has 0 spiro atoms. The Kier molecular flexibility index (Phi) is 4.21. The van der Waals surface area contributed by atoms with Crippen LogP contribution in [-0.4, -0.2) is 14.3 Å². The number of rotatable bonds is 5. The predicted octanol–water partition coefficient (Wildman–Crippen LogP) is 1.35. The molecule has 1 amide bonds. The summed E-state index contributed by atoms with van der Waals surface area (Å²) in [4.78, 5) is 13.8. The summed E-state index contributed by atoms with van der Waals surface area (Å²) >= 11 is 0. The van der Waals surface area contributed by atoms with Crippen molar-refractivity contribution in [1.29, 1.82) is 0 Å². The molecule has 0 fully saturated rings. The van der Waals surface area contributed by atoms with Gasteiger partial charge in [-0.2, -0.15) is 0 Å². The molecule has 0 atom stereocenters. The number of hydrogen-bond acceptors (Lipinski definition) is 4. The molecule has 0 bridgehead atoms. The van der Waals surface area contributed by atoms with E-state index in [1.165, 1.54) is 12.3 Å². The Bertz CT molecular complexity index is 692. The van der Waals surface area contributed by atoms with Crippen molar-refractivity contribution in [2.45, 2.75) is 12.7 Å². The third kappa shape index (κ3) is 3.69. The van der Waals surface area contributed by atoms with E-state index in [0.717, 1.165) is 0 Å². The molecule has 0 radical (unpaired) electrons. The zero-order valence-corrected chi connectivity index (χ0v) is 11.6. The van der Waals surface area contributed by atoms with Crippen LogP contribution in [0.3, 0.4) is 0 Å². The van der Waals surface area contributed by atoms with Crippen LogP contribution in [0.4, 0.5) is 0 Å². The minimum Gasteiger partial charge on any atom is -0.469 e. The van der Waals surface area contributed by atoms with E-state index in [-0.39, 0.29) is 11.3 Å². The van der Waals surface area contributed by atoms with Gasteiger partial charge in [-0.25, -0.2) is 8.42 Å². The Hall–Kier alpha value is -2.12. The number of hydrazine groups is 1. The van der Waals surface area contributed by atoms with Crippen molar-refractivity contribution in [1.82, 2.24) is 10.3 Å². The summed E-state index contributed by atoms with van der Waals surface area (Å²) in [7, 11) is -3.65. The van der Waals surface area contributed by atoms with Gasteiger partial charge in [-0.15, -0.1) is 4.83 Å². The van der Waals surface area contributed by atoms with Gasteiger partial charge in [0.05, 0.1) is 17.6 Å². The van der Waals surface area contributed by atoms with Crippen LogP contribution in [0.15, 0.2) is 47.1 Å². The van der Waals surface area contributed by atoms with Crippen molar-refractivity contribution in [3.8, 4) is 0 Å². The number of carbonyl (C=O) groups excluding carboxylic acids is 1. The van der Waals surface area contributed by atoms with Crippen molar-refractivity contribution in [2.75, 3.05) is 0 Å². The molecule has 0 aliphatic heterocycles. The van der Waals surface area contributed by atoms with E-state index in [1.54, 1.807) is 37.3 Å². The first-order chi connectivity index (χ1) is 9.48. The molecule has 0 saturated heterocycles. The highest BCUT2D eigenvalue weighted by molar-refractivity contribution is 7.88. The molecular formula is C13H14N2O4S. The number of carbonyl (C=O) groups is 1. The molecule has 106 valence electrons. The molecular weight excluding hydrogens is 280 g/mol. The molecule has 0 unspecified atom stereocenters. The van der Waals surface area contributed by atoms with Crippen LogP contribution < -0.4 is 10.3 Å². The van der Waals surface area contributed by atoms with Crippen LogP contribution in [0, 0.1) is 6.92 Å². The maximum atomic E-state index is 11.8. The van der Waals surface area contributed by atoms with E-state index < -0.39 is 15.9 Å². The van der Waals surface area contributed by atoms with E-state index in [0.29, 0.717) is 11.3 Å². The molecule has 1 aromatic heterocycles. The van der Waals surface area contributed by atoms with E-state index in [9.17, 15) is 13.2 Å². The second kappa shape index (κ2) is 5.89. The number of furan rings is 1. The van der Waals surface area contributed by atoms with Crippen LogP contribution in [0.1, 0.15) is 21.7 Å². The van der Waals surface area contributed by atoms with Gasteiger partial charge in [-0.05, 0) is 18.6 Å². The first kappa shape index (κ1) is 14.3. The van der Waals surface area contributed by atoms with E-state index in [1.807, 2.05) is 0 Å². The highest BCUT2D eigenvalue weighted by Crippen LogP contribution is 2.08. The number of nitrogens with one attached hydrogen (secondary N) is 2. The summed E-state index contributed by atoms with van der Waals surface area (Å²) in [6, 6.07) is 10.2. The highest BCUT2D eigenvalue weighted by Gasteiger charge is 2.15. The first-order valence-electron chi connectivity index (χ1n) is 5.86. The van der Waals surface area contributed by atoms with Crippen LogP contribution in [-0.2, 0) is 15.8 Å². The minimum atomic E-state index is -3.65. The first-order valence-corrected chi connectivity index (χ1v) is 7.51. The fourth-order valence-electron chi connectivity index (χ4n) is 1.64. The van der Waals surface area contributed by atoms with Crippen LogP contribution in [0.5, 0.6) is 0 Å². The van der Waals surface area contributed by atoms with Crippen molar-refractivity contribution in [3.63, 3.8) is 0 Å². The smallest absolute Gasteiger partial charge is 0.269 e. The Morgan fingerprint density at radius 2 is 1.90 bits per heavy atom. The molecule has 2 aromatic rings. The molecule has 2 rings (SSSR count). The SMILES string of the molecule is Cc1occc1C(=O)NNS(=O)(=O)Cc1ccccc1. The normalized spacial score (nSPS) is 11.2. The lowest BCUT2D eigenvalue weighted by atomic mass is 10.2. The monoisotopic (exact) mass is 294 g/mol. The fraction of sp³-hybridized carbons (Fsp3) is 0.154. The summed E-state index contributed by atoms with van der Waals surface area (Å²) in [5, 5.41) is 0. The maximum absolute atomic E-state index is 11.8. The van der Waals surface area contributed by atoms with Crippen molar-refractivity contribution < 1.29 is 17.6 Å². The number of amides is 1. The number of aryl methyl sites for hydroxylation is 1. The van der Waals surface area contributed by atoms with Crippen molar-refractivity contribution >= 4 is 15.9 Å². The third-order valence-corrected chi connectivity index (χ3v) is 3.75. The zero-order chi connectivity index (χ0) is 14.6. The summed E-state index contributed by atoms with van der Waals surface area (Å²) in [6.07, 6.45) is 1.36. The van der Waals surface area contributed by atoms with Gasteiger partial charge in [0.1, 0.15) is 5.76 Å². The average Bonchev–Trinajstić information content (AvgIpc) is 2.83. The Balaban J connectivity index is 1.96. The zero-order valence-electron chi connectivity index (χ0n) is 10.8. The van der Waals surface area contributed by atoms with E-state index in [2.05, 4.69) is 10.3 Å². The van der Waals surface area contributed by atoms with Gasteiger partial charge >= 0.3 is 0 Å². The summed E-state index contributed by atoms with van der Waals surface area (Å²) in [5.41, 5.74) is 3.07. The Morgan fingerprint density at radius 3 is 2.50 bits per heavy atom. The second-order valence-electron chi connectivity index (χ2n) is 4.19. The second-order valence-corrected chi connectivity index (χ2v) is 5.91. The molecule has 2 N–H and O–H groups in total. The molecule has 0 saturated carbocycles. The third-order valence-electron chi connectivity index (χ3n) is 2.62. The summed E-state index contributed by atoms with van der Waals surface area (Å²) in [6.45, 7) is 1.62. The van der Waals surface area contributed by atoms with Gasteiger partial charge < -0.3 is 4.42 Å². The van der Waals surface area contributed by atoms with Crippen molar-refractivity contribution in [2.24, 2.45) is 0 Å². The van der Waals surface area contributed by atoms with Gasteiger partial charge in [0.25, 0.3) is 5.91 Å². The molecule has 7 heteroatoms. The van der Waals surface area contributed by atoms with Crippen LogP contribution in [0.25, 0.3) is 0 Å². The summed E-state index contributed by atoms with van der Waals surface area (Å²) < 4.78 is 28.6. The van der Waals surface area contributed by atoms with Gasteiger partial charge in [-0.3, -0.25) is 10.2 Å².